The average molecular weight is 267 g/mol. The molecular formula is C18H21NO. The number of fused-ring (bicyclic) bond motifs is 3. The number of hydrogen-bond acceptors (Lipinski definition) is 1. The smallest absolute Gasteiger partial charge is 0.0840 e. The summed E-state index contributed by atoms with van der Waals surface area (Å²) in [5, 5.41) is 12.7. The first-order valence-electron chi connectivity index (χ1n) is 7.15. The van der Waals surface area contributed by atoms with Gasteiger partial charge in [-0.2, -0.15) is 0 Å². The highest BCUT2D eigenvalue weighted by atomic mass is 16.3. The molecule has 0 saturated heterocycles. The van der Waals surface area contributed by atoms with Crippen LogP contribution in [0.1, 0.15) is 39.3 Å². The van der Waals surface area contributed by atoms with Crippen molar-refractivity contribution in [2.75, 3.05) is 0 Å². The van der Waals surface area contributed by atoms with Gasteiger partial charge in [0.25, 0.3) is 0 Å². The number of rotatable bonds is 2. The zero-order valence-electron chi connectivity index (χ0n) is 12.5. The van der Waals surface area contributed by atoms with E-state index in [-0.39, 0.29) is 0 Å². The highest BCUT2D eigenvalue weighted by Crippen LogP contribution is 2.34. The van der Waals surface area contributed by atoms with Gasteiger partial charge in [-0.3, -0.25) is 0 Å². The second-order valence-electron chi connectivity index (χ2n) is 6.27. The van der Waals surface area contributed by atoms with Crippen molar-refractivity contribution in [3.63, 3.8) is 0 Å². The first kappa shape index (κ1) is 13.2. The largest absolute Gasteiger partial charge is 0.386 e. The summed E-state index contributed by atoms with van der Waals surface area (Å²) < 4.78 is 2.36. The minimum atomic E-state index is -0.810. The number of hydrogen-bond donors (Lipinski definition) is 1. The van der Waals surface area contributed by atoms with Gasteiger partial charge in [-0.05, 0) is 51.5 Å². The maximum absolute atomic E-state index is 10.2. The van der Waals surface area contributed by atoms with Crippen molar-refractivity contribution in [2.24, 2.45) is 0 Å². The van der Waals surface area contributed by atoms with Gasteiger partial charge in [-0.15, -0.1) is 0 Å². The third-order valence-corrected chi connectivity index (χ3v) is 3.93. The number of nitrogens with zero attached hydrogens (tertiary/aromatic N) is 1. The predicted octanol–water partition coefficient (Wildman–Crippen LogP) is 4.60. The van der Waals surface area contributed by atoms with E-state index in [2.05, 4.69) is 54.8 Å². The lowest BCUT2D eigenvalue weighted by Gasteiger charge is -2.18. The van der Waals surface area contributed by atoms with Crippen molar-refractivity contribution in [3.05, 3.63) is 48.0 Å². The van der Waals surface area contributed by atoms with Crippen LogP contribution >= 0.6 is 0 Å². The van der Waals surface area contributed by atoms with Crippen LogP contribution < -0.4 is 0 Å². The summed E-state index contributed by atoms with van der Waals surface area (Å²) in [6.07, 6.45) is 0. The lowest BCUT2D eigenvalue weighted by molar-refractivity contribution is 0.0787. The van der Waals surface area contributed by atoms with Crippen molar-refractivity contribution in [2.45, 2.75) is 39.3 Å². The van der Waals surface area contributed by atoms with Crippen molar-refractivity contribution >= 4 is 21.8 Å². The molecule has 0 bridgehead atoms. The van der Waals surface area contributed by atoms with E-state index >= 15 is 0 Å². The zero-order chi connectivity index (χ0) is 14.5. The minimum Gasteiger partial charge on any atom is -0.386 e. The molecule has 2 heteroatoms. The fraction of sp³-hybridized carbons (Fsp3) is 0.333. The van der Waals surface area contributed by atoms with Gasteiger partial charge in [-0.1, -0.05) is 24.3 Å². The Balaban J connectivity index is 2.44. The van der Waals surface area contributed by atoms with Crippen molar-refractivity contribution < 1.29 is 5.11 Å². The SMILES string of the molecule is CC(C)n1c2ccccc2c2cc(C(C)(C)O)ccc21. The first-order valence-corrected chi connectivity index (χ1v) is 7.15. The fourth-order valence-electron chi connectivity index (χ4n) is 2.94. The Morgan fingerprint density at radius 2 is 1.60 bits per heavy atom. The molecular weight excluding hydrogens is 246 g/mol. The van der Waals surface area contributed by atoms with Crippen LogP contribution in [0.5, 0.6) is 0 Å². The molecule has 2 aromatic carbocycles. The van der Waals surface area contributed by atoms with E-state index < -0.39 is 5.60 Å². The molecule has 3 rings (SSSR count). The second-order valence-corrected chi connectivity index (χ2v) is 6.27. The van der Waals surface area contributed by atoms with Crippen molar-refractivity contribution in [3.8, 4) is 0 Å². The number of para-hydroxylation sites is 1. The van der Waals surface area contributed by atoms with Crippen LogP contribution in [0, 0.1) is 0 Å². The van der Waals surface area contributed by atoms with E-state index in [4.69, 9.17) is 0 Å². The second kappa shape index (κ2) is 4.35. The molecule has 20 heavy (non-hydrogen) atoms. The molecule has 0 fully saturated rings. The molecule has 2 nitrogen and oxygen atoms in total. The van der Waals surface area contributed by atoms with Gasteiger partial charge in [0, 0.05) is 27.8 Å². The summed E-state index contributed by atoms with van der Waals surface area (Å²) in [4.78, 5) is 0. The van der Waals surface area contributed by atoms with Gasteiger partial charge < -0.3 is 9.67 Å². The van der Waals surface area contributed by atoms with E-state index in [1.807, 2.05) is 19.9 Å². The van der Waals surface area contributed by atoms with E-state index in [9.17, 15) is 5.11 Å². The van der Waals surface area contributed by atoms with Crippen molar-refractivity contribution in [1.29, 1.82) is 0 Å². The van der Waals surface area contributed by atoms with Crippen LogP contribution in [-0.4, -0.2) is 9.67 Å². The Labute approximate surface area is 119 Å². The molecule has 1 N–H and O–H groups in total. The third kappa shape index (κ3) is 1.92. The lowest BCUT2D eigenvalue weighted by atomic mass is 9.96. The van der Waals surface area contributed by atoms with Gasteiger partial charge in [-0.25, -0.2) is 0 Å². The van der Waals surface area contributed by atoms with Crippen molar-refractivity contribution in [1.82, 2.24) is 4.57 Å². The topological polar surface area (TPSA) is 25.2 Å². The fourth-order valence-corrected chi connectivity index (χ4v) is 2.94. The van der Waals surface area contributed by atoms with Crippen LogP contribution in [0.25, 0.3) is 21.8 Å². The molecule has 0 aliphatic carbocycles. The highest BCUT2D eigenvalue weighted by molar-refractivity contribution is 6.08. The normalized spacial score (nSPS) is 12.7. The van der Waals surface area contributed by atoms with E-state index in [1.165, 1.54) is 21.8 Å². The summed E-state index contributed by atoms with van der Waals surface area (Å²) in [5.41, 5.74) is 2.63. The van der Waals surface area contributed by atoms with E-state index in [0.29, 0.717) is 6.04 Å². The third-order valence-electron chi connectivity index (χ3n) is 3.93. The standard InChI is InChI=1S/C18H21NO/c1-12(2)19-16-8-6-5-7-14(16)15-11-13(18(3,4)20)9-10-17(15)19/h5-12,20H,1-4H3. The maximum Gasteiger partial charge on any atom is 0.0840 e. The number of aromatic nitrogens is 1. The van der Waals surface area contributed by atoms with Gasteiger partial charge in [0.1, 0.15) is 0 Å². The Morgan fingerprint density at radius 1 is 0.950 bits per heavy atom. The first-order chi connectivity index (χ1) is 9.39. The molecule has 3 aromatic rings. The molecule has 0 unspecified atom stereocenters. The molecule has 104 valence electrons. The molecule has 0 aliphatic heterocycles. The lowest BCUT2D eigenvalue weighted by Crippen LogP contribution is -2.15. The molecule has 0 spiro atoms. The predicted molar refractivity (Wildman–Crippen MR) is 85.1 cm³/mol. The van der Waals surface area contributed by atoms with E-state index in [0.717, 1.165) is 5.56 Å². The Kier molecular flexibility index (Phi) is 2.87. The molecule has 0 aliphatic rings. The monoisotopic (exact) mass is 267 g/mol. The van der Waals surface area contributed by atoms with E-state index in [1.54, 1.807) is 0 Å². The average Bonchev–Trinajstić information content (AvgIpc) is 2.71. The van der Waals surface area contributed by atoms with Crippen LogP contribution in [0.3, 0.4) is 0 Å². The van der Waals surface area contributed by atoms with Crippen LogP contribution in [-0.2, 0) is 5.60 Å². The Morgan fingerprint density at radius 3 is 2.25 bits per heavy atom. The van der Waals surface area contributed by atoms with Crippen LogP contribution in [0.4, 0.5) is 0 Å². The Hall–Kier alpha value is -1.80. The maximum atomic E-state index is 10.2. The summed E-state index contributed by atoms with van der Waals surface area (Å²) in [6.45, 7) is 8.07. The summed E-state index contributed by atoms with van der Waals surface area (Å²) in [5.74, 6) is 0. The summed E-state index contributed by atoms with van der Waals surface area (Å²) in [7, 11) is 0. The van der Waals surface area contributed by atoms with Gasteiger partial charge in [0.2, 0.25) is 0 Å². The summed E-state index contributed by atoms with van der Waals surface area (Å²) >= 11 is 0. The number of aliphatic hydroxyl groups is 1. The molecule has 0 atom stereocenters. The molecule has 0 amide bonds. The molecule has 0 saturated carbocycles. The zero-order valence-corrected chi connectivity index (χ0v) is 12.5. The highest BCUT2D eigenvalue weighted by Gasteiger charge is 2.19. The Bertz CT molecular complexity index is 775. The minimum absolute atomic E-state index is 0.408. The molecule has 1 heterocycles. The van der Waals surface area contributed by atoms with Crippen LogP contribution in [0.2, 0.25) is 0 Å². The molecule has 1 aromatic heterocycles. The quantitative estimate of drug-likeness (QED) is 0.721. The van der Waals surface area contributed by atoms with Crippen LogP contribution in [0.15, 0.2) is 42.5 Å². The summed E-state index contributed by atoms with van der Waals surface area (Å²) in [6, 6.07) is 15.2. The molecule has 0 radical (unpaired) electrons. The van der Waals surface area contributed by atoms with Gasteiger partial charge in [0.15, 0.2) is 0 Å². The van der Waals surface area contributed by atoms with Gasteiger partial charge >= 0.3 is 0 Å². The number of benzene rings is 2. The van der Waals surface area contributed by atoms with Gasteiger partial charge in [0.05, 0.1) is 5.60 Å².